The number of Topliss-reactive ketones (excluding diaryl/α,β-unsaturated/α-hetero) is 1. The monoisotopic (exact) mass is 547 g/mol. The third-order valence-corrected chi connectivity index (χ3v) is 10.1. The minimum absolute atomic E-state index is 0.0206. The number of amides is 1. The van der Waals surface area contributed by atoms with E-state index in [1.165, 1.54) is 5.57 Å². The number of fused-ring (bicyclic) bond motifs is 2. The summed E-state index contributed by atoms with van der Waals surface area (Å²) in [6.45, 7) is 6.33. The smallest absolute Gasteiger partial charge is 0.339 e. The maximum absolute atomic E-state index is 14.1. The number of thioether (sulfide) groups is 1. The molecule has 7 nitrogen and oxygen atoms in total. The van der Waals surface area contributed by atoms with Crippen LogP contribution in [0.3, 0.4) is 0 Å². The van der Waals surface area contributed by atoms with E-state index >= 15 is 0 Å². The predicted octanol–water partition coefficient (Wildman–Crippen LogP) is 6.28. The first-order chi connectivity index (χ1) is 18.5. The number of rotatable bonds is 8. The molecule has 39 heavy (non-hydrogen) atoms. The van der Waals surface area contributed by atoms with Crippen molar-refractivity contribution in [3.8, 4) is 11.5 Å². The zero-order valence-corrected chi connectivity index (χ0v) is 22.7. The van der Waals surface area contributed by atoms with Crippen molar-refractivity contribution in [2.75, 3.05) is 5.32 Å². The Morgan fingerprint density at radius 2 is 1.90 bits per heavy atom. The fourth-order valence-electron chi connectivity index (χ4n) is 6.87. The number of allylic oxidation sites excluding steroid dienone is 3. The molecule has 2 aromatic rings. The number of hydrogen-bond acceptors (Lipinski definition) is 6. The molecule has 1 spiro atoms. The van der Waals surface area contributed by atoms with Crippen LogP contribution in [0.15, 0.2) is 65.6 Å². The molecule has 0 saturated heterocycles. The first-order valence-corrected chi connectivity index (χ1v) is 14.2. The highest BCUT2D eigenvalue weighted by atomic mass is 32.2. The summed E-state index contributed by atoms with van der Waals surface area (Å²) in [5.41, 5.74) is 0.691. The normalized spacial score (nSPS) is 27.6. The van der Waals surface area contributed by atoms with E-state index in [2.05, 4.69) is 18.0 Å². The highest BCUT2D eigenvalue weighted by Crippen LogP contribution is 2.66. The Labute approximate surface area is 232 Å². The summed E-state index contributed by atoms with van der Waals surface area (Å²) in [4.78, 5) is 39.2. The lowest BCUT2D eigenvalue weighted by molar-refractivity contribution is -0.136. The third kappa shape index (κ3) is 4.86. The van der Waals surface area contributed by atoms with Crippen molar-refractivity contribution in [1.29, 1.82) is 0 Å². The van der Waals surface area contributed by atoms with E-state index in [-0.39, 0.29) is 29.2 Å². The second-order valence-corrected chi connectivity index (χ2v) is 12.3. The van der Waals surface area contributed by atoms with Gasteiger partial charge in [-0.25, -0.2) is 4.79 Å². The van der Waals surface area contributed by atoms with Gasteiger partial charge in [0.2, 0.25) is 5.91 Å². The van der Waals surface area contributed by atoms with Gasteiger partial charge in [-0.3, -0.25) is 9.59 Å². The Bertz CT molecular complexity index is 1380. The van der Waals surface area contributed by atoms with E-state index in [0.29, 0.717) is 18.1 Å². The summed E-state index contributed by atoms with van der Waals surface area (Å²) in [6.07, 6.45) is 6.28. The van der Waals surface area contributed by atoms with Crippen LogP contribution in [-0.4, -0.2) is 33.0 Å². The standard InChI is InChI=1S/C31H33NO6S/c1-18-15-31-13-10-20(18)14-24(31)30(2,28(36)23(16-31)39-17-19-6-4-3-5-7-19)12-11-25(34)32-26-22(33)9-8-21(27(26)35)29(37)38/h3-9,16,20,24,33,35H,1,10-15,17H2,2H3,(H,32,34)(H,37,38)/t20-,24-,30-,31+/m0/s1. The van der Waals surface area contributed by atoms with Gasteiger partial charge in [-0.2, -0.15) is 0 Å². The first-order valence-electron chi connectivity index (χ1n) is 13.2. The molecular formula is C31H33NO6S. The number of ketones is 1. The molecule has 0 unspecified atom stereocenters. The predicted molar refractivity (Wildman–Crippen MR) is 151 cm³/mol. The highest BCUT2D eigenvalue weighted by molar-refractivity contribution is 8.03. The van der Waals surface area contributed by atoms with Gasteiger partial charge in [0.05, 0.1) is 0 Å². The first kappa shape index (κ1) is 27.1. The Morgan fingerprint density at radius 3 is 2.59 bits per heavy atom. The average molecular weight is 548 g/mol. The molecule has 3 fully saturated rings. The zero-order chi connectivity index (χ0) is 27.9. The quantitative estimate of drug-likeness (QED) is 0.226. The Balaban J connectivity index is 1.39. The van der Waals surface area contributed by atoms with Crippen LogP contribution < -0.4 is 5.32 Å². The number of carbonyl (C=O) groups is 3. The molecule has 2 aromatic carbocycles. The van der Waals surface area contributed by atoms with Gasteiger partial charge in [-0.15, -0.1) is 11.8 Å². The highest BCUT2D eigenvalue weighted by Gasteiger charge is 2.60. The number of nitrogens with one attached hydrogen (secondary N) is 1. The van der Waals surface area contributed by atoms with Gasteiger partial charge in [0.1, 0.15) is 17.0 Å². The number of carboxylic acids is 1. The molecule has 0 aliphatic heterocycles. The number of aromatic carboxylic acids is 1. The average Bonchev–Trinajstić information content (AvgIpc) is 2.91. The lowest BCUT2D eigenvalue weighted by atomic mass is 9.44. The Hall–Kier alpha value is -3.52. The lowest BCUT2D eigenvalue weighted by Crippen LogP contribution is -2.55. The molecular weight excluding hydrogens is 514 g/mol. The second-order valence-electron chi connectivity index (χ2n) is 11.3. The number of carboxylic acid groups (broad SMARTS) is 1. The Morgan fingerprint density at radius 1 is 1.15 bits per heavy atom. The number of hydrogen-bond donors (Lipinski definition) is 4. The van der Waals surface area contributed by atoms with Crippen LogP contribution in [0.2, 0.25) is 0 Å². The lowest BCUT2D eigenvalue weighted by Gasteiger charge is -2.59. The molecule has 2 bridgehead atoms. The molecule has 0 radical (unpaired) electrons. The van der Waals surface area contributed by atoms with Crippen molar-refractivity contribution >= 4 is 35.1 Å². The fourth-order valence-corrected chi connectivity index (χ4v) is 8.07. The maximum atomic E-state index is 14.1. The van der Waals surface area contributed by atoms with E-state index in [1.54, 1.807) is 11.8 Å². The molecule has 204 valence electrons. The van der Waals surface area contributed by atoms with Crippen LogP contribution in [0.5, 0.6) is 11.5 Å². The minimum atomic E-state index is -1.38. The topological polar surface area (TPSA) is 124 Å². The van der Waals surface area contributed by atoms with Crippen molar-refractivity contribution in [3.05, 3.63) is 76.7 Å². The van der Waals surface area contributed by atoms with E-state index in [1.807, 2.05) is 37.3 Å². The van der Waals surface area contributed by atoms with Crippen molar-refractivity contribution in [3.63, 3.8) is 0 Å². The minimum Gasteiger partial charge on any atom is -0.506 e. The van der Waals surface area contributed by atoms with Gasteiger partial charge in [0.15, 0.2) is 11.5 Å². The molecule has 4 atom stereocenters. The number of phenols is 2. The fraction of sp³-hybridized carbons (Fsp3) is 0.387. The van der Waals surface area contributed by atoms with Gasteiger partial charge in [0, 0.05) is 22.5 Å². The van der Waals surface area contributed by atoms with E-state index in [9.17, 15) is 29.7 Å². The van der Waals surface area contributed by atoms with Crippen LogP contribution in [0.1, 0.15) is 61.4 Å². The van der Waals surface area contributed by atoms with Crippen LogP contribution in [0.25, 0.3) is 0 Å². The molecule has 0 aromatic heterocycles. The van der Waals surface area contributed by atoms with E-state index in [0.717, 1.165) is 48.3 Å². The van der Waals surface area contributed by atoms with Crippen molar-refractivity contribution in [1.82, 2.24) is 0 Å². The van der Waals surface area contributed by atoms with Gasteiger partial charge in [0.25, 0.3) is 0 Å². The van der Waals surface area contributed by atoms with Crippen LogP contribution in [-0.2, 0) is 15.3 Å². The SMILES string of the molecule is C=C1C[C@]23C=C(SCc4ccccc4)C(=O)[C@@](C)(CCC(=O)Nc4c(O)ccc(C(=O)O)c4O)[C@@H]2C[C@@H]1CC3. The molecule has 4 N–H and O–H groups in total. The molecule has 3 saturated carbocycles. The van der Waals surface area contributed by atoms with E-state index < -0.39 is 34.4 Å². The molecule has 0 heterocycles. The van der Waals surface area contributed by atoms with Crippen LogP contribution in [0, 0.1) is 22.7 Å². The van der Waals surface area contributed by atoms with Crippen molar-refractivity contribution in [2.45, 2.75) is 51.2 Å². The second kappa shape index (κ2) is 10.2. The van der Waals surface area contributed by atoms with Crippen molar-refractivity contribution < 1.29 is 29.7 Å². The van der Waals surface area contributed by atoms with Crippen LogP contribution in [0.4, 0.5) is 5.69 Å². The maximum Gasteiger partial charge on any atom is 0.339 e. The molecule has 4 aliphatic carbocycles. The molecule has 1 amide bonds. The number of anilines is 1. The summed E-state index contributed by atoms with van der Waals surface area (Å²) in [7, 11) is 0. The summed E-state index contributed by atoms with van der Waals surface area (Å²) in [5, 5.41) is 32.2. The number of aromatic hydroxyl groups is 2. The zero-order valence-electron chi connectivity index (χ0n) is 21.9. The molecule has 8 heteroatoms. The molecule has 4 aliphatic rings. The summed E-state index contributed by atoms with van der Waals surface area (Å²) in [5.74, 6) is -1.82. The largest absolute Gasteiger partial charge is 0.506 e. The number of carbonyl (C=O) groups excluding carboxylic acids is 2. The van der Waals surface area contributed by atoms with Gasteiger partial charge < -0.3 is 20.6 Å². The number of phenolic OH excluding ortho intramolecular Hbond substituents is 1. The summed E-state index contributed by atoms with van der Waals surface area (Å²) in [6, 6.07) is 12.2. The van der Waals surface area contributed by atoms with Crippen molar-refractivity contribution in [2.24, 2.45) is 22.7 Å². The summed E-state index contributed by atoms with van der Waals surface area (Å²) < 4.78 is 0. The Kier molecular flexibility index (Phi) is 7.10. The third-order valence-electron chi connectivity index (χ3n) is 9.00. The van der Waals surface area contributed by atoms with Crippen LogP contribution >= 0.6 is 11.8 Å². The van der Waals surface area contributed by atoms with Gasteiger partial charge in [-0.1, -0.05) is 55.5 Å². The number of benzene rings is 2. The summed E-state index contributed by atoms with van der Waals surface area (Å²) >= 11 is 1.55. The van der Waals surface area contributed by atoms with E-state index in [4.69, 9.17) is 0 Å². The van der Waals surface area contributed by atoms with Gasteiger partial charge in [-0.05, 0) is 67.1 Å². The van der Waals surface area contributed by atoms with Gasteiger partial charge >= 0.3 is 5.97 Å². The molecule has 6 rings (SSSR count).